The first-order valence-corrected chi connectivity index (χ1v) is 6.35. The van der Waals surface area contributed by atoms with Crippen LogP contribution in [0.5, 0.6) is 0 Å². The van der Waals surface area contributed by atoms with Crippen LogP contribution < -0.4 is 10.6 Å². The van der Waals surface area contributed by atoms with Gasteiger partial charge in [0.1, 0.15) is 0 Å². The van der Waals surface area contributed by atoms with Crippen molar-refractivity contribution in [2.24, 2.45) is 0 Å². The number of hydrogen-bond donors (Lipinski definition) is 2. The van der Waals surface area contributed by atoms with Gasteiger partial charge in [-0.1, -0.05) is 11.6 Å². The van der Waals surface area contributed by atoms with Gasteiger partial charge in [-0.15, -0.1) is 0 Å². The second kappa shape index (κ2) is 5.19. The minimum Gasteiger partial charge on any atom is -0.380 e. The highest BCUT2D eigenvalue weighted by molar-refractivity contribution is 9.10. The van der Waals surface area contributed by atoms with Crippen LogP contribution in [-0.4, -0.2) is 19.1 Å². The average molecular weight is 290 g/mol. The fourth-order valence-corrected chi connectivity index (χ4v) is 2.34. The molecule has 0 aliphatic carbocycles. The van der Waals surface area contributed by atoms with Crippen molar-refractivity contribution >= 4 is 33.2 Å². The van der Waals surface area contributed by atoms with Gasteiger partial charge in [-0.3, -0.25) is 0 Å². The Morgan fingerprint density at radius 3 is 3.07 bits per heavy atom. The SMILES string of the molecule is Clc1ccc(Br)c(NC2CCCNC2)c1. The Labute approximate surface area is 104 Å². The molecule has 0 spiro atoms. The lowest BCUT2D eigenvalue weighted by Gasteiger charge is -2.25. The van der Waals surface area contributed by atoms with Crippen molar-refractivity contribution in [2.45, 2.75) is 18.9 Å². The van der Waals surface area contributed by atoms with Gasteiger partial charge in [0.05, 0.1) is 5.69 Å². The van der Waals surface area contributed by atoms with Gasteiger partial charge in [0.25, 0.3) is 0 Å². The molecule has 1 aliphatic rings. The van der Waals surface area contributed by atoms with E-state index in [4.69, 9.17) is 11.6 Å². The maximum atomic E-state index is 5.96. The van der Waals surface area contributed by atoms with E-state index in [0.29, 0.717) is 6.04 Å². The summed E-state index contributed by atoms with van der Waals surface area (Å²) >= 11 is 9.47. The first kappa shape index (κ1) is 11.2. The lowest BCUT2D eigenvalue weighted by atomic mass is 10.1. The highest BCUT2D eigenvalue weighted by atomic mass is 79.9. The van der Waals surface area contributed by atoms with E-state index in [0.717, 1.165) is 28.3 Å². The van der Waals surface area contributed by atoms with Crippen LogP contribution in [0, 0.1) is 0 Å². The summed E-state index contributed by atoms with van der Waals surface area (Å²) in [7, 11) is 0. The molecular weight excluding hydrogens is 275 g/mol. The standard InChI is InChI=1S/C11H14BrClN2/c12-10-4-3-8(13)6-11(10)15-9-2-1-5-14-7-9/h3-4,6,9,14-15H,1-2,5,7H2. The fourth-order valence-electron chi connectivity index (χ4n) is 1.80. The summed E-state index contributed by atoms with van der Waals surface area (Å²) in [5.41, 5.74) is 1.08. The Balaban J connectivity index is 2.05. The molecule has 2 N–H and O–H groups in total. The summed E-state index contributed by atoms with van der Waals surface area (Å²) in [5.74, 6) is 0. The molecule has 2 rings (SSSR count). The zero-order valence-corrected chi connectivity index (χ0v) is 10.7. The number of halogens is 2. The van der Waals surface area contributed by atoms with Crippen molar-refractivity contribution in [1.82, 2.24) is 5.32 Å². The zero-order valence-electron chi connectivity index (χ0n) is 8.39. The lowest BCUT2D eigenvalue weighted by Crippen LogP contribution is -2.38. The normalized spacial score (nSPS) is 21.3. The summed E-state index contributed by atoms with van der Waals surface area (Å²) in [4.78, 5) is 0. The van der Waals surface area contributed by atoms with Crippen LogP contribution in [0.4, 0.5) is 5.69 Å². The quantitative estimate of drug-likeness (QED) is 0.873. The number of anilines is 1. The van der Waals surface area contributed by atoms with Gasteiger partial charge in [-0.05, 0) is 53.5 Å². The van der Waals surface area contributed by atoms with Crippen molar-refractivity contribution in [3.05, 3.63) is 27.7 Å². The third-order valence-electron chi connectivity index (χ3n) is 2.58. The van der Waals surface area contributed by atoms with E-state index in [1.807, 2.05) is 18.2 Å². The molecule has 1 atom stereocenters. The van der Waals surface area contributed by atoms with Crippen molar-refractivity contribution in [2.75, 3.05) is 18.4 Å². The van der Waals surface area contributed by atoms with E-state index in [1.54, 1.807) is 0 Å². The Bertz CT molecular complexity index is 337. The van der Waals surface area contributed by atoms with Gasteiger partial charge in [0.15, 0.2) is 0 Å². The number of hydrogen-bond acceptors (Lipinski definition) is 2. The van der Waals surface area contributed by atoms with Crippen molar-refractivity contribution in [1.29, 1.82) is 0 Å². The Morgan fingerprint density at radius 1 is 1.47 bits per heavy atom. The van der Waals surface area contributed by atoms with Crippen molar-refractivity contribution < 1.29 is 0 Å². The minimum atomic E-state index is 0.508. The highest BCUT2D eigenvalue weighted by Gasteiger charge is 2.13. The third kappa shape index (κ3) is 3.10. The van der Waals surface area contributed by atoms with Gasteiger partial charge >= 0.3 is 0 Å². The fraction of sp³-hybridized carbons (Fsp3) is 0.455. The molecule has 4 heteroatoms. The van der Waals surface area contributed by atoms with Crippen LogP contribution in [0.1, 0.15) is 12.8 Å². The first-order chi connectivity index (χ1) is 7.25. The number of rotatable bonds is 2. The molecule has 0 radical (unpaired) electrons. The molecule has 1 aromatic carbocycles. The molecule has 1 heterocycles. The van der Waals surface area contributed by atoms with Crippen LogP contribution >= 0.6 is 27.5 Å². The van der Waals surface area contributed by atoms with Crippen LogP contribution in [0.3, 0.4) is 0 Å². The van der Waals surface area contributed by atoms with Gasteiger partial charge in [0, 0.05) is 22.1 Å². The summed E-state index contributed by atoms with van der Waals surface area (Å²) in [6.07, 6.45) is 2.45. The first-order valence-electron chi connectivity index (χ1n) is 5.18. The molecule has 1 unspecified atom stereocenters. The molecule has 1 aliphatic heterocycles. The molecule has 0 aromatic heterocycles. The van der Waals surface area contributed by atoms with E-state index in [9.17, 15) is 0 Å². The molecule has 82 valence electrons. The Kier molecular flexibility index (Phi) is 3.89. The van der Waals surface area contributed by atoms with E-state index in [2.05, 4.69) is 26.6 Å². The van der Waals surface area contributed by atoms with Crippen LogP contribution in [-0.2, 0) is 0 Å². The monoisotopic (exact) mass is 288 g/mol. The average Bonchev–Trinajstić information content (AvgIpc) is 2.25. The Morgan fingerprint density at radius 2 is 2.33 bits per heavy atom. The van der Waals surface area contributed by atoms with Gasteiger partial charge in [-0.25, -0.2) is 0 Å². The Hall–Kier alpha value is -0.250. The molecule has 0 amide bonds. The van der Waals surface area contributed by atoms with Crippen molar-refractivity contribution in [3.63, 3.8) is 0 Å². The van der Waals surface area contributed by atoms with Gasteiger partial charge < -0.3 is 10.6 Å². The maximum absolute atomic E-state index is 5.96. The zero-order chi connectivity index (χ0) is 10.7. The number of piperidine rings is 1. The molecular formula is C11H14BrClN2. The smallest absolute Gasteiger partial charge is 0.0502 e. The second-order valence-electron chi connectivity index (χ2n) is 3.81. The van der Waals surface area contributed by atoms with E-state index in [1.165, 1.54) is 12.8 Å². The molecule has 2 nitrogen and oxygen atoms in total. The minimum absolute atomic E-state index is 0.508. The summed E-state index contributed by atoms with van der Waals surface area (Å²) < 4.78 is 1.07. The highest BCUT2D eigenvalue weighted by Crippen LogP contribution is 2.27. The van der Waals surface area contributed by atoms with E-state index in [-0.39, 0.29) is 0 Å². The molecule has 0 bridgehead atoms. The molecule has 15 heavy (non-hydrogen) atoms. The third-order valence-corrected chi connectivity index (χ3v) is 3.51. The largest absolute Gasteiger partial charge is 0.380 e. The molecule has 1 aromatic rings. The van der Waals surface area contributed by atoms with E-state index >= 15 is 0 Å². The van der Waals surface area contributed by atoms with Gasteiger partial charge in [-0.2, -0.15) is 0 Å². The predicted octanol–water partition coefficient (Wildman–Crippen LogP) is 3.27. The van der Waals surface area contributed by atoms with Crippen LogP contribution in [0.2, 0.25) is 5.02 Å². The molecule has 0 saturated carbocycles. The van der Waals surface area contributed by atoms with Crippen molar-refractivity contribution in [3.8, 4) is 0 Å². The van der Waals surface area contributed by atoms with Crippen LogP contribution in [0.25, 0.3) is 0 Å². The summed E-state index contributed by atoms with van der Waals surface area (Å²) in [5, 5.41) is 7.64. The predicted molar refractivity (Wildman–Crippen MR) is 68.7 cm³/mol. The molecule has 1 saturated heterocycles. The summed E-state index contributed by atoms with van der Waals surface area (Å²) in [6.45, 7) is 2.16. The number of benzene rings is 1. The van der Waals surface area contributed by atoms with Crippen LogP contribution in [0.15, 0.2) is 22.7 Å². The summed E-state index contributed by atoms with van der Waals surface area (Å²) in [6, 6.07) is 6.32. The van der Waals surface area contributed by atoms with Gasteiger partial charge in [0.2, 0.25) is 0 Å². The van der Waals surface area contributed by atoms with E-state index < -0.39 is 0 Å². The topological polar surface area (TPSA) is 24.1 Å². The molecule has 1 fully saturated rings. The lowest BCUT2D eigenvalue weighted by molar-refractivity contribution is 0.480. The maximum Gasteiger partial charge on any atom is 0.0502 e. The second-order valence-corrected chi connectivity index (χ2v) is 5.10. The number of nitrogens with one attached hydrogen (secondary N) is 2.